The maximum atomic E-state index is 12.6. The number of para-hydroxylation sites is 1. The number of carbonyl (C=O) groups excluding carboxylic acids is 1. The number of aromatic nitrogens is 1. The molecule has 3 rings (SSSR count). The van der Waals surface area contributed by atoms with Gasteiger partial charge in [0.25, 0.3) is 0 Å². The van der Waals surface area contributed by atoms with Gasteiger partial charge in [-0.3, -0.25) is 14.7 Å². The van der Waals surface area contributed by atoms with Gasteiger partial charge in [-0.1, -0.05) is 24.3 Å². The van der Waals surface area contributed by atoms with Crippen LogP contribution in [0, 0.1) is 0 Å². The molecule has 1 unspecified atom stereocenters. The second kappa shape index (κ2) is 6.71. The lowest BCUT2D eigenvalue weighted by molar-refractivity contribution is -0.121. The second-order valence-corrected chi connectivity index (χ2v) is 5.68. The highest BCUT2D eigenvalue weighted by Crippen LogP contribution is 2.23. The number of amides is 1. The molecule has 22 heavy (non-hydrogen) atoms. The molecule has 2 heterocycles. The molecule has 1 saturated heterocycles. The highest BCUT2D eigenvalue weighted by molar-refractivity contribution is 5.99. The Labute approximate surface area is 131 Å². The van der Waals surface area contributed by atoms with Crippen molar-refractivity contribution >= 4 is 11.6 Å². The van der Waals surface area contributed by atoms with Crippen molar-refractivity contribution in [1.29, 1.82) is 0 Å². The molecule has 0 radical (unpaired) electrons. The van der Waals surface area contributed by atoms with Gasteiger partial charge in [0, 0.05) is 37.1 Å². The van der Waals surface area contributed by atoms with E-state index in [2.05, 4.69) is 9.88 Å². The Balaban J connectivity index is 1.60. The summed E-state index contributed by atoms with van der Waals surface area (Å²) < 4.78 is 0. The zero-order valence-electron chi connectivity index (χ0n) is 12.9. The van der Waals surface area contributed by atoms with E-state index < -0.39 is 0 Å². The maximum Gasteiger partial charge on any atom is 0.244 e. The molecule has 1 aromatic heterocycles. The first-order valence-electron chi connectivity index (χ1n) is 7.72. The predicted octanol–water partition coefficient (Wildman–Crippen LogP) is 2.36. The summed E-state index contributed by atoms with van der Waals surface area (Å²) in [4.78, 5) is 21.0. The number of hydrogen-bond acceptors (Lipinski definition) is 3. The molecular weight excluding hydrogens is 274 g/mol. The minimum atomic E-state index is -0.0241. The molecule has 2 aromatic rings. The van der Waals surface area contributed by atoms with Crippen LogP contribution in [-0.4, -0.2) is 42.0 Å². The van der Waals surface area contributed by atoms with Crippen molar-refractivity contribution in [2.45, 2.75) is 18.9 Å². The monoisotopic (exact) mass is 295 g/mol. The summed E-state index contributed by atoms with van der Waals surface area (Å²) in [5, 5.41) is 0. The third kappa shape index (κ3) is 3.17. The molecule has 1 amide bonds. The van der Waals surface area contributed by atoms with E-state index in [1.807, 2.05) is 66.7 Å². The average Bonchev–Trinajstić information content (AvgIpc) is 2.96. The summed E-state index contributed by atoms with van der Waals surface area (Å²) in [5.74, 6) is 0.203. The number of anilines is 1. The van der Waals surface area contributed by atoms with Gasteiger partial charge in [0.1, 0.15) is 0 Å². The van der Waals surface area contributed by atoms with Gasteiger partial charge in [-0.05, 0) is 37.7 Å². The Morgan fingerprint density at radius 2 is 1.95 bits per heavy atom. The lowest BCUT2D eigenvalue weighted by atomic mass is 10.2. The molecule has 0 N–H and O–H groups in total. The predicted molar refractivity (Wildman–Crippen MR) is 87.8 cm³/mol. The Bertz CT molecular complexity index is 615. The Morgan fingerprint density at radius 1 is 1.18 bits per heavy atom. The third-order valence-corrected chi connectivity index (χ3v) is 4.22. The number of benzene rings is 1. The summed E-state index contributed by atoms with van der Waals surface area (Å²) in [6.45, 7) is 1.64. The van der Waals surface area contributed by atoms with Crippen LogP contribution in [-0.2, 0) is 11.2 Å². The molecule has 1 fully saturated rings. The maximum absolute atomic E-state index is 12.6. The lowest BCUT2D eigenvalue weighted by Gasteiger charge is -2.23. The van der Waals surface area contributed by atoms with Gasteiger partial charge in [-0.15, -0.1) is 0 Å². The molecule has 1 aliphatic rings. The summed E-state index contributed by atoms with van der Waals surface area (Å²) in [6, 6.07) is 15.8. The van der Waals surface area contributed by atoms with Gasteiger partial charge in [0.15, 0.2) is 0 Å². The normalized spacial score (nSPS) is 18.2. The highest BCUT2D eigenvalue weighted by atomic mass is 16.2. The van der Waals surface area contributed by atoms with Crippen molar-refractivity contribution in [2.75, 3.05) is 25.0 Å². The van der Waals surface area contributed by atoms with Crippen molar-refractivity contribution in [1.82, 2.24) is 9.88 Å². The van der Waals surface area contributed by atoms with Crippen LogP contribution in [0.5, 0.6) is 0 Å². The zero-order valence-corrected chi connectivity index (χ0v) is 12.9. The van der Waals surface area contributed by atoms with E-state index >= 15 is 0 Å². The summed E-state index contributed by atoms with van der Waals surface area (Å²) >= 11 is 0. The topological polar surface area (TPSA) is 36.4 Å². The molecular formula is C18H21N3O. The van der Waals surface area contributed by atoms with Crippen LogP contribution < -0.4 is 4.90 Å². The Morgan fingerprint density at radius 3 is 2.68 bits per heavy atom. The molecule has 0 saturated carbocycles. The molecule has 4 nitrogen and oxygen atoms in total. The standard InChI is InChI=1S/C18H21N3O/c1-20(13-10-15-7-5-6-12-19-15)17-11-14-21(18(17)22)16-8-3-2-4-9-16/h2-9,12,17H,10-11,13-14H2,1H3. The van der Waals surface area contributed by atoms with Crippen molar-refractivity contribution in [3.8, 4) is 0 Å². The zero-order chi connectivity index (χ0) is 15.4. The Hall–Kier alpha value is -2.20. The van der Waals surface area contributed by atoms with Gasteiger partial charge < -0.3 is 4.90 Å². The van der Waals surface area contributed by atoms with Crippen molar-refractivity contribution in [3.05, 3.63) is 60.4 Å². The van der Waals surface area contributed by atoms with E-state index in [-0.39, 0.29) is 11.9 Å². The summed E-state index contributed by atoms with van der Waals surface area (Å²) in [5.41, 5.74) is 2.06. The fourth-order valence-electron chi connectivity index (χ4n) is 2.93. The van der Waals surface area contributed by atoms with E-state index in [1.54, 1.807) is 0 Å². The van der Waals surface area contributed by atoms with Gasteiger partial charge in [-0.25, -0.2) is 0 Å². The average molecular weight is 295 g/mol. The molecule has 0 bridgehead atoms. The molecule has 4 heteroatoms. The largest absolute Gasteiger partial charge is 0.311 e. The van der Waals surface area contributed by atoms with E-state index in [4.69, 9.17) is 0 Å². The third-order valence-electron chi connectivity index (χ3n) is 4.22. The number of carbonyl (C=O) groups is 1. The molecule has 1 aromatic carbocycles. The van der Waals surface area contributed by atoms with Crippen LogP contribution in [0.1, 0.15) is 12.1 Å². The van der Waals surface area contributed by atoms with E-state index in [0.717, 1.165) is 37.3 Å². The van der Waals surface area contributed by atoms with Crippen molar-refractivity contribution < 1.29 is 4.79 Å². The first-order chi connectivity index (χ1) is 10.8. The van der Waals surface area contributed by atoms with Crippen LogP contribution in [0.4, 0.5) is 5.69 Å². The van der Waals surface area contributed by atoms with Gasteiger partial charge >= 0.3 is 0 Å². The molecule has 0 spiro atoms. The van der Waals surface area contributed by atoms with Crippen LogP contribution in [0.25, 0.3) is 0 Å². The molecule has 1 atom stereocenters. The van der Waals surface area contributed by atoms with Crippen LogP contribution in [0.3, 0.4) is 0 Å². The Kier molecular flexibility index (Phi) is 4.49. The minimum Gasteiger partial charge on any atom is -0.311 e. The van der Waals surface area contributed by atoms with Crippen LogP contribution in [0.2, 0.25) is 0 Å². The molecule has 1 aliphatic heterocycles. The van der Waals surface area contributed by atoms with Gasteiger partial charge in [-0.2, -0.15) is 0 Å². The fourth-order valence-corrected chi connectivity index (χ4v) is 2.93. The molecule has 114 valence electrons. The van der Waals surface area contributed by atoms with E-state index in [0.29, 0.717) is 0 Å². The summed E-state index contributed by atoms with van der Waals surface area (Å²) in [7, 11) is 2.03. The SMILES string of the molecule is CN(CCc1ccccn1)C1CCN(c2ccccc2)C1=O. The second-order valence-electron chi connectivity index (χ2n) is 5.68. The quantitative estimate of drug-likeness (QED) is 0.849. The van der Waals surface area contributed by atoms with Crippen molar-refractivity contribution in [3.63, 3.8) is 0 Å². The van der Waals surface area contributed by atoms with Crippen LogP contribution in [0.15, 0.2) is 54.7 Å². The number of rotatable bonds is 5. The highest BCUT2D eigenvalue weighted by Gasteiger charge is 2.34. The smallest absolute Gasteiger partial charge is 0.244 e. The summed E-state index contributed by atoms with van der Waals surface area (Å²) in [6.07, 6.45) is 3.56. The first kappa shape index (κ1) is 14.7. The number of pyridine rings is 1. The van der Waals surface area contributed by atoms with E-state index in [1.165, 1.54) is 0 Å². The van der Waals surface area contributed by atoms with Crippen LogP contribution >= 0.6 is 0 Å². The minimum absolute atomic E-state index is 0.0241. The van der Waals surface area contributed by atoms with Gasteiger partial charge in [0.2, 0.25) is 5.91 Å². The lowest BCUT2D eigenvalue weighted by Crippen LogP contribution is -2.40. The first-order valence-corrected chi connectivity index (χ1v) is 7.72. The molecule has 0 aliphatic carbocycles. The number of nitrogens with zero attached hydrogens (tertiary/aromatic N) is 3. The fraction of sp³-hybridized carbons (Fsp3) is 0.333. The van der Waals surface area contributed by atoms with Gasteiger partial charge in [0.05, 0.1) is 6.04 Å². The number of likely N-dealkylation sites (N-methyl/N-ethyl adjacent to an activating group) is 1. The van der Waals surface area contributed by atoms with Crippen molar-refractivity contribution in [2.24, 2.45) is 0 Å². The number of hydrogen-bond donors (Lipinski definition) is 0. The van der Waals surface area contributed by atoms with E-state index in [9.17, 15) is 4.79 Å².